The Hall–Kier alpha value is -2.82. The summed E-state index contributed by atoms with van der Waals surface area (Å²) < 4.78 is 11.0. The van der Waals surface area contributed by atoms with Crippen LogP contribution in [0, 0.1) is 0 Å². The van der Waals surface area contributed by atoms with E-state index >= 15 is 0 Å². The standard InChI is InChI=1S/C18H18N2O3/c1-13(15-8-5-11-22-15)20-17(21)9-10-18-19-12-16(23-18)14-6-3-2-4-7-14/h2-8,11-13H,9-10H2,1H3,(H,20,21). The first-order chi connectivity index (χ1) is 11.2. The number of hydrogen-bond acceptors (Lipinski definition) is 4. The number of aryl methyl sites for hydroxylation is 1. The molecule has 1 unspecified atom stereocenters. The van der Waals surface area contributed by atoms with E-state index < -0.39 is 0 Å². The van der Waals surface area contributed by atoms with Gasteiger partial charge < -0.3 is 14.2 Å². The molecule has 0 spiro atoms. The van der Waals surface area contributed by atoms with Crippen LogP contribution in [-0.2, 0) is 11.2 Å². The van der Waals surface area contributed by atoms with Gasteiger partial charge in [-0.25, -0.2) is 4.98 Å². The summed E-state index contributed by atoms with van der Waals surface area (Å²) in [6.07, 6.45) is 4.06. The minimum absolute atomic E-state index is 0.0617. The van der Waals surface area contributed by atoms with Crippen molar-refractivity contribution in [3.8, 4) is 11.3 Å². The van der Waals surface area contributed by atoms with Crippen LogP contribution in [0.15, 0.2) is 63.8 Å². The van der Waals surface area contributed by atoms with Gasteiger partial charge in [0.25, 0.3) is 0 Å². The van der Waals surface area contributed by atoms with Gasteiger partial charge in [-0.1, -0.05) is 30.3 Å². The molecule has 23 heavy (non-hydrogen) atoms. The molecule has 0 aliphatic rings. The van der Waals surface area contributed by atoms with E-state index in [1.165, 1.54) is 0 Å². The van der Waals surface area contributed by atoms with Crippen LogP contribution in [0.2, 0.25) is 0 Å². The minimum atomic E-state index is -0.151. The van der Waals surface area contributed by atoms with Crippen molar-refractivity contribution in [1.82, 2.24) is 10.3 Å². The second kappa shape index (κ2) is 6.96. The molecule has 0 bridgehead atoms. The molecule has 0 aliphatic heterocycles. The lowest BCUT2D eigenvalue weighted by Gasteiger charge is -2.10. The molecule has 1 aromatic carbocycles. The Balaban J connectivity index is 1.52. The van der Waals surface area contributed by atoms with Gasteiger partial charge in [-0.3, -0.25) is 4.79 Å². The third-order valence-electron chi connectivity index (χ3n) is 3.53. The van der Waals surface area contributed by atoms with Gasteiger partial charge >= 0.3 is 0 Å². The lowest BCUT2D eigenvalue weighted by molar-refractivity contribution is -0.121. The van der Waals surface area contributed by atoms with Crippen LogP contribution in [-0.4, -0.2) is 10.9 Å². The van der Waals surface area contributed by atoms with Gasteiger partial charge in [-0.15, -0.1) is 0 Å². The number of rotatable bonds is 6. The van der Waals surface area contributed by atoms with Gasteiger partial charge in [0.15, 0.2) is 11.7 Å². The molecule has 1 amide bonds. The van der Waals surface area contributed by atoms with Gasteiger partial charge in [-0.2, -0.15) is 0 Å². The average molecular weight is 310 g/mol. The fourth-order valence-electron chi connectivity index (χ4n) is 2.30. The van der Waals surface area contributed by atoms with Crippen LogP contribution in [0.5, 0.6) is 0 Å². The zero-order valence-corrected chi connectivity index (χ0v) is 12.9. The Morgan fingerprint density at radius 3 is 2.78 bits per heavy atom. The van der Waals surface area contributed by atoms with Crippen LogP contribution in [0.4, 0.5) is 0 Å². The summed E-state index contributed by atoms with van der Waals surface area (Å²) >= 11 is 0. The van der Waals surface area contributed by atoms with Crippen molar-refractivity contribution in [2.45, 2.75) is 25.8 Å². The van der Waals surface area contributed by atoms with Crippen LogP contribution in [0.25, 0.3) is 11.3 Å². The quantitative estimate of drug-likeness (QED) is 0.753. The third kappa shape index (κ3) is 3.88. The molecule has 3 aromatic rings. The number of hydrogen-bond donors (Lipinski definition) is 1. The molecular formula is C18H18N2O3. The van der Waals surface area contributed by atoms with E-state index in [-0.39, 0.29) is 11.9 Å². The summed E-state index contributed by atoms with van der Waals surface area (Å²) in [6.45, 7) is 1.88. The maximum atomic E-state index is 12.0. The predicted molar refractivity (Wildman–Crippen MR) is 85.5 cm³/mol. The lowest BCUT2D eigenvalue weighted by Crippen LogP contribution is -2.26. The molecule has 118 valence electrons. The topological polar surface area (TPSA) is 68.3 Å². The van der Waals surface area contributed by atoms with Crippen LogP contribution in [0.3, 0.4) is 0 Å². The Morgan fingerprint density at radius 1 is 1.22 bits per heavy atom. The number of nitrogens with one attached hydrogen (secondary N) is 1. The second-order valence-corrected chi connectivity index (χ2v) is 5.29. The molecule has 1 atom stereocenters. The highest BCUT2D eigenvalue weighted by Crippen LogP contribution is 2.20. The fraction of sp³-hybridized carbons (Fsp3) is 0.222. The Morgan fingerprint density at radius 2 is 2.04 bits per heavy atom. The Labute approximate surface area is 134 Å². The highest BCUT2D eigenvalue weighted by Gasteiger charge is 2.13. The van der Waals surface area contributed by atoms with Crippen LogP contribution in [0.1, 0.15) is 31.0 Å². The molecule has 5 nitrogen and oxygen atoms in total. The first-order valence-corrected chi connectivity index (χ1v) is 7.55. The molecule has 0 fully saturated rings. The van der Waals surface area contributed by atoms with E-state index in [1.54, 1.807) is 18.5 Å². The van der Waals surface area contributed by atoms with Crippen LogP contribution >= 0.6 is 0 Å². The zero-order valence-electron chi connectivity index (χ0n) is 12.9. The van der Waals surface area contributed by atoms with E-state index in [4.69, 9.17) is 8.83 Å². The summed E-state index contributed by atoms with van der Waals surface area (Å²) in [6, 6.07) is 13.3. The number of oxazole rings is 1. The SMILES string of the molecule is CC(NC(=O)CCc1ncc(-c2ccccc2)o1)c1ccco1. The third-order valence-corrected chi connectivity index (χ3v) is 3.53. The average Bonchev–Trinajstić information content (AvgIpc) is 3.25. The maximum absolute atomic E-state index is 12.0. The summed E-state index contributed by atoms with van der Waals surface area (Å²) in [4.78, 5) is 16.2. The van der Waals surface area contributed by atoms with Crippen molar-refractivity contribution in [2.24, 2.45) is 0 Å². The monoisotopic (exact) mass is 310 g/mol. The summed E-state index contributed by atoms with van der Waals surface area (Å²) in [5, 5.41) is 2.89. The van der Waals surface area contributed by atoms with Gasteiger partial charge in [0, 0.05) is 18.4 Å². The van der Waals surface area contributed by atoms with E-state index in [9.17, 15) is 4.79 Å². The maximum Gasteiger partial charge on any atom is 0.221 e. The molecule has 0 aliphatic carbocycles. The van der Waals surface area contributed by atoms with Gasteiger partial charge in [-0.05, 0) is 19.1 Å². The van der Waals surface area contributed by atoms with E-state index in [2.05, 4.69) is 10.3 Å². The largest absolute Gasteiger partial charge is 0.467 e. The van der Waals surface area contributed by atoms with Crippen LogP contribution < -0.4 is 5.32 Å². The number of benzene rings is 1. The lowest BCUT2D eigenvalue weighted by atomic mass is 10.2. The second-order valence-electron chi connectivity index (χ2n) is 5.29. The first kappa shape index (κ1) is 15.1. The molecule has 2 aromatic heterocycles. The van der Waals surface area contributed by atoms with E-state index in [0.29, 0.717) is 24.5 Å². The molecule has 1 N–H and O–H groups in total. The summed E-state index contributed by atoms with van der Waals surface area (Å²) in [5.41, 5.74) is 0.974. The zero-order chi connectivity index (χ0) is 16.1. The van der Waals surface area contributed by atoms with Gasteiger partial charge in [0.2, 0.25) is 5.91 Å². The smallest absolute Gasteiger partial charge is 0.221 e. The van der Waals surface area contributed by atoms with Crippen molar-refractivity contribution >= 4 is 5.91 Å². The Bertz CT molecular complexity index is 748. The minimum Gasteiger partial charge on any atom is -0.467 e. The fourth-order valence-corrected chi connectivity index (χ4v) is 2.30. The predicted octanol–water partition coefficient (Wildman–Crippen LogP) is 3.74. The number of amides is 1. The van der Waals surface area contributed by atoms with Crippen molar-refractivity contribution in [1.29, 1.82) is 0 Å². The van der Waals surface area contributed by atoms with Crippen molar-refractivity contribution in [3.63, 3.8) is 0 Å². The summed E-state index contributed by atoms with van der Waals surface area (Å²) in [7, 11) is 0. The van der Waals surface area contributed by atoms with Crippen molar-refractivity contribution in [3.05, 3.63) is 66.6 Å². The van der Waals surface area contributed by atoms with Gasteiger partial charge in [0.05, 0.1) is 18.5 Å². The number of carbonyl (C=O) groups is 1. The normalized spacial score (nSPS) is 12.0. The molecular weight excluding hydrogens is 292 g/mol. The number of nitrogens with zero attached hydrogens (tertiary/aromatic N) is 1. The first-order valence-electron chi connectivity index (χ1n) is 7.55. The number of aromatic nitrogens is 1. The number of carbonyl (C=O) groups excluding carboxylic acids is 1. The van der Waals surface area contributed by atoms with E-state index in [1.807, 2.05) is 43.3 Å². The highest BCUT2D eigenvalue weighted by atomic mass is 16.4. The molecule has 0 saturated carbocycles. The summed E-state index contributed by atoms with van der Waals surface area (Å²) in [5.74, 6) is 1.95. The van der Waals surface area contributed by atoms with E-state index in [0.717, 1.165) is 11.3 Å². The van der Waals surface area contributed by atoms with Gasteiger partial charge in [0.1, 0.15) is 5.76 Å². The van der Waals surface area contributed by atoms with Crippen molar-refractivity contribution in [2.75, 3.05) is 0 Å². The molecule has 0 radical (unpaired) electrons. The molecule has 0 saturated heterocycles. The number of furan rings is 1. The highest BCUT2D eigenvalue weighted by molar-refractivity contribution is 5.76. The molecule has 3 rings (SSSR count). The molecule has 5 heteroatoms. The van der Waals surface area contributed by atoms with Crippen molar-refractivity contribution < 1.29 is 13.6 Å². The Kier molecular flexibility index (Phi) is 4.57. The molecule has 2 heterocycles.